The molecule has 0 bridgehead atoms. The Morgan fingerprint density at radius 2 is 1.34 bits per heavy atom. The molecule has 0 radical (unpaired) electrons. The number of hydrogen-bond acceptors (Lipinski definition) is 22. The fraction of sp³-hybridized carbons (Fsp3) is 0.600. The summed E-state index contributed by atoms with van der Waals surface area (Å²) in [5.41, 5.74) is 4.21. The number of nitrogens with zero attached hydrogens (tertiary/aromatic N) is 7. The summed E-state index contributed by atoms with van der Waals surface area (Å²) in [6, 6.07) is 1.80. The van der Waals surface area contributed by atoms with Gasteiger partial charge in [-0.3, -0.25) is 57.1 Å². The van der Waals surface area contributed by atoms with Crippen LogP contribution in [0.25, 0.3) is 22.3 Å². The summed E-state index contributed by atoms with van der Waals surface area (Å²) in [5.74, 6) is -3.98. The third-order valence-electron chi connectivity index (χ3n) is 9.09. The molecule has 0 aliphatic carbocycles. The summed E-state index contributed by atoms with van der Waals surface area (Å²) in [6.45, 7) is 1.71. The largest absolute Gasteiger partial charge is 0.697 e. The molecule has 40 heteroatoms. The van der Waals surface area contributed by atoms with Crippen LogP contribution in [0.2, 0.25) is 0 Å². The van der Waals surface area contributed by atoms with Crippen LogP contribution in [0.5, 0.6) is 0 Å². The van der Waals surface area contributed by atoms with Gasteiger partial charge in [-0.15, -0.1) is 18.5 Å². The molecule has 34 nitrogen and oxygen atoms in total. The number of nitrogens with one attached hydrogen (secondary N) is 3. The van der Waals surface area contributed by atoms with E-state index >= 15 is 0 Å². The minimum Gasteiger partial charge on any atom is -0.369 e. The predicted octanol–water partition coefficient (Wildman–Crippen LogP) is 1.31. The Morgan fingerprint density at radius 3 is 1.80 bits per heavy atom. The Labute approximate surface area is 394 Å². The molecule has 12 N–H and O–H groups in total. The van der Waals surface area contributed by atoms with Gasteiger partial charge in [0.2, 0.25) is 17.8 Å². The number of H-pyrrole nitrogens is 2. The van der Waals surface area contributed by atoms with E-state index in [-0.39, 0.29) is 67.5 Å². The lowest BCUT2D eigenvalue weighted by molar-refractivity contribution is -0.119. The Morgan fingerprint density at radius 1 is 0.871 bits per heavy atom. The van der Waals surface area contributed by atoms with Gasteiger partial charge < -0.3 is 53.6 Å². The first-order valence-electron chi connectivity index (χ1n) is 19.3. The number of anilines is 2. The van der Waals surface area contributed by atoms with Gasteiger partial charge in [0.25, 0.3) is 11.1 Å². The van der Waals surface area contributed by atoms with Crippen LogP contribution in [-0.2, 0) is 64.3 Å². The van der Waals surface area contributed by atoms with Crippen molar-refractivity contribution in [2.24, 2.45) is 5.92 Å². The molecule has 70 heavy (non-hydrogen) atoms. The van der Waals surface area contributed by atoms with Crippen LogP contribution in [0.15, 0.2) is 22.2 Å². The molecule has 2 fully saturated rings. The molecule has 0 spiro atoms. The van der Waals surface area contributed by atoms with E-state index in [4.69, 9.17) is 67.6 Å². The van der Waals surface area contributed by atoms with E-state index in [0.29, 0.717) is 0 Å². The van der Waals surface area contributed by atoms with E-state index in [1.54, 1.807) is 19.9 Å². The van der Waals surface area contributed by atoms with E-state index in [1.165, 1.54) is 21.8 Å². The molecule has 2 saturated heterocycles. The van der Waals surface area contributed by atoms with Crippen molar-refractivity contribution in [3.63, 3.8) is 0 Å². The first-order chi connectivity index (χ1) is 32.0. The van der Waals surface area contributed by atoms with Crippen molar-refractivity contribution in [1.29, 1.82) is 5.26 Å². The number of rotatable bonds is 21. The maximum atomic E-state index is 12.5. The van der Waals surface area contributed by atoms with Crippen molar-refractivity contribution < 1.29 is 98.5 Å². The Hall–Kier alpha value is -3.98. The molecular weight excluding hydrogens is 1070 g/mol. The maximum absolute atomic E-state index is 12.5. The fourth-order valence-electron chi connectivity index (χ4n) is 6.22. The van der Waals surface area contributed by atoms with Crippen molar-refractivity contribution in [2.75, 3.05) is 42.7 Å². The Balaban J connectivity index is 0.000000310. The van der Waals surface area contributed by atoms with Gasteiger partial charge in [0.15, 0.2) is 34.1 Å². The van der Waals surface area contributed by atoms with Crippen molar-refractivity contribution in [3.8, 4) is 6.07 Å². The van der Waals surface area contributed by atoms with E-state index < -0.39 is 132 Å². The Kier molecular flexibility index (Phi) is 20.2. The number of amides is 1. The zero-order valence-electron chi connectivity index (χ0n) is 35.4. The number of fused-ring (bicyclic) bond motifs is 2. The summed E-state index contributed by atoms with van der Waals surface area (Å²) in [7, 11) is -25.0. The second kappa shape index (κ2) is 24.2. The lowest BCUT2D eigenvalue weighted by atomic mass is 10.2. The predicted molar refractivity (Wildman–Crippen MR) is 237 cm³/mol. The van der Waals surface area contributed by atoms with Gasteiger partial charge in [-0.05, 0) is 0 Å². The van der Waals surface area contributed by atoms with Gasteiger partial charge >= 0.3 is 46.9 Å². The molecule has 10 unspecified atom stereocenters. The molecule has 1 amide bonds. The van der Waals surface area contributed by atoms with Crippen molar-refractivity contribution in [2.45, 2.75) is 77.4 Å². The van der Waals surface area contributed by atoms with Crippen LogP contribution in [0.3, 0.4) is 0 Å². The van der Waals surface area contributed by atoms with Crippen LogP contribution in [0, 0.1) is 17.2 Å². The second-order valence-corrected chi connectivity index (χ2v) is 24.4. The minimum absolute atomic E-state index is 0. The van der Waals surface area contributed by atoms with E-state index in [2.05, 4.69) is 35.2 Å². The quantitative estimate of drug-likeness (QED) is 0.0414. The van der Waals surface area contributed by atoms with Crippen LogP contribution in [0.1, 0.15) is 53.0 Å². The zero-order chi connectivity index (χ0) is 51.2. The standard InChI is InChI=1S/C18H25N6O12P3.C11H16N5O11P3.CH4/c1-10(2)16(25)22-18-21-15-14(17(26)23-18)20-8-24(15)13-6-11(36-37(27)33-5-3-4-19)12(35-13)7-34-39(31,32)9-38(28,29)30;12-11-14-9-8(10(17)15-11)13-3-16(9)7-1-5(27-28(18)19)6(26-7)2-25-30(23,24)4-29(20,21)22;/h8,10-13H,3,5-7,9H2,1-2H3,(H4-,21,22,23,25,26,28,29,30,31,32);3,5-7H,1-2,4H2,(H6-,12,14,15,17,18,19,20,21,22,23,24);1H4/p+2. The molecule has 10 atom stereocenters. The summed E-state index contributed by atoms with van der Waals surface area (Å²) >= 11 is 0. The molecule has 388 valence electrons. The lowest BCUT2D eigenvalue weighted by Gasteiger charge is -2.18. The third kappa shape index (κ3) is 16.8. The summed E-state index contributed by atoms with van der Waals surface area (Å²) < 4.78 is 108. The number of nitriles is 1. The highest BCUT2D eigenvalue weighted by atomic mass is 31.2. The number of aromatic amines is 2. The number of hydrogen-bond donors (Lipinski definition) is 11. The van der Waals surface area contributed by atoms with E-state index in [1.807, 2.05) is 0 Å². The molecular formula is C30H47N11O23P6+2. The fourth-order valence-corrected chi connectivity index (χ4v) is 12.6. The van der Waals surface area contributed by atoms with Gasteiger partial charge in [0, 0.05) is 27.9 Å². The van der Waals surface area contributed by atoms with Gasteiger partial charge in [-0.1, -0.05) is 21.3 Å². The van der Waals surface area contributed by atoms with Crippen LogP contribution in [0.4, 0.5) is 11.9 Å². The number of imidazole rings is 2. The summed E-state index contributed by atoms with van der Waals surface area (Å²) in [5, 5.41) is 11.1. The van der Waals surface area contributed by atoms with Crippen molar-refractivity contribution in [1.82, 2.24) is 39.0 Å². The first kappa shape index (κ1) is 58.6. The zero-order valence-corrected chi connectivity index (χ0v) is 40.8. The minimum atomic E-state index is -4.89. The molecule has 6 heterocycles. The highest BCUT2D eigenvalue weighted by Crippen LogP contribution is 2.57. The molecule has 2 aliphatic heterocycles. The maximum Gasteiger partial charge on any atom is 0.697 e. The smallest absolute Gasteiger partial charge is 0.369 e. The molecule has 0 saturated carbocycles. The van der Waals surface area contributed by atoms with Gasteiger partial charge in [-0.25, -0.2) is 9.97 Å². The first-order valence-corrected chi connectivity index (χ1v) is 28.7. The summed E-state index contributed by atoms with van der Waals surface area (Å²) in [6.07, 6.45) is -4.28. The molecule has 4 aromatic heterocycles. The lowest BCUT2D eigenvalue weighted by Crippen LogP contribution is -2.27. The van der Waals surface area contributed by atoms with Gasteiger partial charge in [-0.2, -0.15) is 15.2 Å². The second-order valence-electron chi connectivity index (χ2n) is 14.9. The Bertz CT molecular complexity index is 2910. The highest BCUT2D eigenvalue weighted by molar-refractivity contribution is 7.70. The SMILES string of the molecule is C.CC(C)C(=O)Nc1nc2c(ncn2C2CC(O[P+](=O)OCCC#N)C(COP(=O)(O)CP(=O)(O)O)O2)c(=O)[nH]1.Nc1nc2c(ncn2C2CC(O[P+](=O)O)C(COP(=O)(O)CP(=O)(O)O)O2)c(=O)[nH]1. The molecule has 0 aromatic carbocycles. The third-order valence-corrected chi connectivity index (χ3v) is 17.3. The van der Waals surface area contributed by atoms with E-state index in [0.717, 1.165) is 0 Å². The average Bonchev–Trinajstić information content (AvgIpc) is 4.00. The number of ether oxygens (including phenoxy) is 2. The van der Waals surface area contributed by atoms with E-state index in [9.17, 15) is 51.6 Å². The van der Waals surface area contributed by atoms with Gasteiger partial charge in [0.05, 0.1) is 38.4 Å². The van der Waals surface area contributed by atoms with Crippen LogP contribution >= 0.6 is 46.9 Å². The number of carbonyl (C=O) groups is 1. The molecule has 6 rings (SSSR count). The summed E-state index contributed by atoms with van der Waals surface area (Å²) in [4.78, 5) is 121. The topological polar surface area (TPSA) is 515 Å². The van der Waals surface area contributed by atoms with Crippen molar-refractivity contribution in [3.05, 3.63) is 33.4 Å². The number of nitrogen functional groups attached to an aromatic ring is 1. The number of nitrogens with two attached hydrogens (primary N) is 1. The average molecular weight is 1120 g/mol. The van der Waals surface area contributed by atoms with Crippen LogP contribution in [-0.4, -0.2) is 135 Å². The van der Waals surface area contributed by atoms with Gasteiger partial charge in [0.1, 0.15) is 43.5 Å². The van der Waals surface area contributed by atoms with Crippen molar-refractivity contribution >= 4 is 87.0 Å². The number of aromatic nitrogens is 8. The molecule has 2 aliphatic rings. The molecule has 4 aromatic rings. The van der Waals surface area contributed by atoms with Crippen LogP contribution < -0.4 is 22.2 Å². The number of carbonyl (C=O) groups excluding carboxylic acids is 1. The normalized spacial score (nSPS) is 22.6. The monoisotopic (exact) mass is 1120 g/mol. The highest BCUT2D eigenvalue weighted by Gasteiger charge is 2.47.